The summed E-state index contributed by atoms with van der Waals surface area (Å²) in [5.74, 6) is 1.63. The van der Waals surface area contributed by atoms with Gasteiger partial charge in [0.05, 0.1) is 11.7 Å². The SMILES string of the molecule is NC(Cc1ccc(I)cc1)c1nc(-c2nc(-c3nc(C/C=C/c4nc(-c5nc(-c6nc(C=O)co6)co5)co4)co3)co2)co1. The van der Waals surface area contributed by atoms with Gasteiger partial charge in [0.2, 0.25) is 35.3 Å². The van der Waals surface area contributed by atoms with Gasteiger partial charge in [0, 0.05) is 9.99 Å². The Morgan fingerprint density at radius 1 is 0.689 bits per heavy atom. The van der Waals surface area contributed by atoms with Crippen molar-refractivity contribution in [1.82, 2.24) is 29.9 Å². The van der Waals surface area contributed by atoms with Crippen molar-refractivity contribution in [2.45, 2.75) is 18.9 Å². The summed E-state index contributed by atoms with van der Waals surface area (Å²) < 4.78 is 34.1. The number of benzene rings is 1. The van der Waals surface area contributed by atoms with Gasteiger partial charge in [0.25, 0.3) is 0 Å². The Kier molecular flexibility index (Phi) is 7.75. The second-order valence-corrected chi connectivity index (χ2v) is 10.8. The quantitative estimate of drug-likeness (QED) is 0.117. The fourth-order valence-electron chi connectivity index (χ4n) is 4.22. The number of oxazole rings is 6. The number of aldehydes is 1. The molecular formula is C30H20IN7O7. The van der Waals surface area contributed by atoms with E-state index in [2.05, 4.69) is 52.5 Å². The molecule has 0 fully saturated rings. The molecule has 45 heavy (non-hydrogen) atoms. The molecule has 0 aliphatic heterocycles. The third-order valence-corrected chi connectivity index (χ3v) is 7.12. The number of nitrogens with two attached hydrogens (primary N) is 1. The first-order valence-corrected chi connectivity index (χ1v) is 14.4. The molecule has 6 heterocycles. The average molecular weight is 717 g/mol. The van der Waals surface area contributed by atoms with Crippen molar-refractivity contribution in [3.05, 3.63) is 100 Å². The number of halogens is 1. The molecule has 7 aromatic rings. The molecular weight excluding hydrogens is 697 g/mol. The van der Waals surface area contributed by atoms with Crippen LogP contribution in [-0.2, 0) is 12.8 Å². The molecule has 1 aromatic carbocycles. The number of aromatic nitrogens is 6. The minimum absolute atomic E-state index is 0.157. The molecule has 0 saturated heterocycles. The standard InChI is InChI=1S/C30H20IN7O7/c31-17-6-4-16(5-7-17)8-20(32)26-36-24(13-43-26)30-38-22(14-45-30)27-33-18(10-41-27)2-1-3-25-35-21(12-40-25)29-37-23(15-44-29)28-34-19(9-39)11-42-28/h1,3-7,9-15,20H,2,8,32H2/b3-1+. The highest BCUT2D eigenvalue weighted by Gasteiger charge is 2.20. The van der Waals surface area contributed by atoms with Crippen LogP contribution in [0, 0.1) is 3.57 Å². The molecule has 1 unspecified atom stereocenters. The number of nitrogens with zero attached hydrogens (tertiary/aromatic N) is 6. The van der Waals surface area contributed by atoms with Crippen LogP contribution in [0.4, 0.5) is 0 Å². The zero-order chi connectivity index (χ0) is 30.8. The number of carbonyl (C=O) groups is 1. The van der Waals surface area contributed by atoms with Crippen LogP contribution in [0.2, 0.25) is 0 Å². The van der Waals surface area contributed by atoms with Gasteiger partial charge in [-0.1, -0.05) is 18.2 Å². The van der Waals surface area contributed by atoms with E-state index in [-0.39, 0.29) is 29.3 Å². The van der Waals surface area contributed by atoms with Gasteiger partial charge in [0.15, 0.2) is 29.1 Å². The predicted molar refractivity (Wildman–Crippen MR) is 163 cm³/mol. The Labute approximate surface area is 266 Å². The van der Waals surface area contributed by atoms with Crippen LogP contribution in [0.25, 0.3) is 52.4 Å². The zero-order valence-corrected chi connectivity index (χ0v) is 25.2. The minimum atomic E-state index is -0.420. The lowest BCUT2D eigenvalue weighted by Crippen LogP contribution is -2.13. The molecule has 0 amide bonds. The summed E-state index contributed by atoms with van der Waals surface area (Å²) in [5.41, 5.74) is 9.73. The molecule has 15 heteroatoms. The van der Waals surface area contributed by atoms with Crippen molar-refractivity contribution in [3.8, 4) is 46.3 Å². The van der Waals surface area contributed by atoms with E-state index in [0.29, 0.717) is 59.4 Å². The van der Waals surface area contributed by atoms with Gasteiger partial charge in [-0.3, -0.25) is 4.79 Å². The van der Waals surface area contributed by atoms with Gasteiger partial charge >= 0.3 is 0 Å². The van der Waals surface area contributed by atoms with E-state index in [9.17, 15) is 4.79 Å². The summed E-state index contributed by atoms with van der Waals surface area (Å²) in [7, 11) is 0. The number of rotatable bonds is 11. The first-order chi connectivity index (χ1) is 22.0. The molecule has 0 aliphatic rings. The summed E-state index contributed by atoms with van der Waals surface area (Å²) >= 11 is 2.26. The lowest BCUT2D eigenvalue weighted by atomic mass is 10.1. The Morgan fingerprint density at radius 2 is 1.29 bits per heavy atom. The molecule has 0 aliphatic carbocycles. The van der Waals surface area contributed by atoms with E-state index in [1.165, 1.54) is 37.6 Å². The largest absolute Gasteiger partial charge is 0.446 e. The average Bonchev–Trinajstić information content (AvgIpc) is 3.88. The van der Waals surface area contributed by atoms with E-state index in [1.807, 2.05) is 30.3 Å². The minimum Gasteiger partial charge on any atom is -0.446 e. The highest BCUT2D eigenvalue weighted by atomic mass is 127. The molecule has 14 nitrogen and oxygen atoms in total. The molecule has 6 aromatic heterocycles. The Hall–Kier alpha value is -5.42. The monoisotopic (exact) mass is 717 g/mol. The van der Waals surface area contributed by atoms with E-state index >= 15 is 0 Å². The van der Waals surface area contributed by atoms with Gasteiger partial charge in [0.1, 0.15) is 43.3 Å². The van der Waals surface area contributed by atoms with Crippen molar-refractivity contribution in [2.24, 2.45) is 5.73 Å². The molecule has 0 saturated carbocycles. The summed E-state index contributed by atoms with van der Waals surface area (Å²) in [4.78, 5) is 36.8. The molecule has 2 N–H and O–H groups in total. The summed E-state index contributed by atoms with van der Waals surface area (Å²) in [5, 5.41) is 0. The van der Waals surface area contributed by atoms with E-state index in [1.54, 1.807) is 6.08 Å². The van der Waals surface area contributed by atoms with Crippen LogP contribution in [0.1, 0.15) is 39.6 Å². The third-order valence-electron chi connectivity index (χ3n) is 6.40. The van der Waals surface area contributed by atoms with Gasteiger partial charge < -0.3 is 32.2 Å². The van der Waals surface area contributed by atoms with Crippen molar-refractivity contribution in [3.63, 3.8) is 0 Å². The van der Waals surface area contributed by atoms with E-state index in [4.69, 9.17) is 32.2 Å². The molecule has 1 atom stereocenters. The fourth-order valence-corrected chi connectivity index (χ4v) is 4.58. The number of carbonyl (C=O) groups excluding carboxylic acids is 1. The molecule has 0 bridgehead atoms. The normalized spacial score (nSPS) is 12.3. The van der Waals surface area contributed by atoms with Crippen LogP contribution < -0.4 is 5.73 Å². The van der Waals surface area contributed by atoms with Gasteiger partial charge in [-0.25, -0.2) is 29.9 Å². The maximum absolute atomic E-state index is 10.8. The summed E-state index contributed by atoms with van der Waals surface area (Å²) in [6, 6.07) is 7.69. The summed E-state index contributed by atoms with van der Waals surface area (Å²) in [6.45, 7) is 0. The van der Waals surface area contributed by atoms with Crippen molar-refractivity contribution in [2.75, 3.05) is 0 Å². The topological polar surface area (TPSA) is 199 Å². The van der Waals surface area contributed by atoms with Crippen LogP contribution in [-0.4, -0.2) is 36.2 Å². The first-order valence-electron chi connectivity index (χ1n) is 13.4. The number of hydrogen-bond acceptors (Lipinski definition) is 14. The highest BCUT2D eigenvalue weighted by molar-refractivity contribution is 14.1. The smallest absolute Gasteiger partial charge is 0.249 e. The van der Waals surface area contributed by atoms with Crippen LogP contribution in [0.15, 0.2) is 94.4 Å². The Morgan fingerprint density at radius 3 is 2.02 bits per heavy atom. The van der Waals surface area contributed by atoms with Crippen LogP contribution >= 0.6 is 22.6 Å². The zero-order valence-electron chi connectivity index (χ0n) is 23.0. The second kappa shape index (κ2) is 12.3. The third kappa shape index (κ3) is 6.29. The second-order valence-electron chi connectivity index (χ2n) is 9.60. The van der Waals surface area contributed by atoms with E-state index in [0.717, 1.165) is 9.13 Å². The van der Waals surface area contributed by atoms with E-state index < -0.39 is 6.04 Å². The maximum Gasteiger partial charge on any atom is 0.249 e. The molecule has 0 radical (unpaired) electrons. The lowest BCUT2D eigenvalue weighted by Gasteiger charge is -2.07. The van der Waals surface area contributed by atoms with Crippen molar-refractivity contribution in [1.29, 1.82) is 0 Å². The predicted octanol–water partition coefficient (Wildman–Crippen LogP) is 6.20. The van der Waals surface area contributed by atoms with Gasteiger partial charge in [-0.05, 0) is 52.8 Å². The molecule has 0 spiro atoms. The van der Waals surface area contributed by atoms with Gasteiger partial charge in [-0.2, -0.15) is 0 Å². The van der Waals surface area contributed by atoms with Crippen LogP contribution in [0.3, 0.4) is 0 Å². The van der Waals surface area contributed by atoms with Crippen molar-refractivity contribution < 1.29 is 31.3 Å². The first kappa shape index (κ1) is 28.4. The highest BCUT2D eigenvalue weighted by Crippen LogP contribution is 2.27. The van der Waals surface area contributed by atoms with Gasteiger partial charge in [-0.15, -0.1) is 0 Å². The summed E-state index contributed by atoms with van der Waals surface area (Å²) in [6.07, 6.45) is 13.5. The number of allylic oxidation sites excluding steroid dienone is 1. The fraction of sp³-hybridized carbons (Fsp3) is 0.100. The number of hydrogen-bond donors (Lipinski definition) is 1. The molecule has 224 valence electrons. The van der Waals surface area contributed by atoms with Crippen LogP contribution in [0.5, 0.6) is 0 Å². The maximum atomic E-state index is 10.8. The Balaban J connectivity index is 0.957. The van der Waals surface area contributed by atoms with Crippen molar-refractivity contribution >= 4 is 35.0 Å². The Bertz CT molecular complexity index is 2100. The molecule has 7 rings (SSSR count). The lowest BCUT2D eigenvalue weighted by molar-refractivity contribution is 0.111.